The van der Waals surface area contributed by atoms with Gasteiger partial charge in [-0.05, 0) is 13.0 Å². The summed E-state index contributed by atoms with van der Waals surface area (Å²) in [5, 5.41) is 4.01. The lowest BCUT2D eigenvalue weighted by Crippen LogP contribution is -2.12. The number of hydrogen-bond donors (Lipinski definition) is 2. The van der Waals surface area contributed by atoms with E-state index in [1.165, 1.54) is 12.5 Å². The maximum Gasteiger partial charge on any atom is 0.276 e. The van der Waals surface area contributed by atoms with Crippen molar-refractivity contribution in [2.45, 2.75) is 12.8 Å². The Morgan fingerprint density at radius 3 is 3.21 bits per heavy atom. The number of nitrogens with one attached hydrogen (secondary N) is 1. The normalized spacial score (nSPS) is 10.9. The van der Waals surface area contributed by atoms with Crippen LogP contribution in [0.2, 0.25) is 0 Å². The highest BCUT2D eigenvalue weighted by atomic mass is 16.1. The van der Waals surface area contributed by atoms with Crippen molar-refractivity contribution in [2.75, 3.05) is 6.54 Å². The van der Waals surface area contributed by atoms with Crippen LogP contribution in [-0.2, 0) is 6.42 Å². The molecule has 6 nitrogen and oxygen atoms in total. The van der Waals surface area contributed by atoms with Gasteiger partial charge >= 0.3 is 0 Å². The summed E-state index contributed by atoms with van der Waals surface area (Å²) in [4.78, 5) is 17.9. The van der Waals surface area contributed by atoms with Crippen molar-refractivity contribution in [3.63, 3.8) is 0 Å². The molecule has 2 aromatic heterocycles. The van der Waals surface area contributed by atoms with Crippen molar-refractivity contribution < 1.29 is 0 Å². The highest BCUT2D eigenvalue weighted by Gasteiger charge is 2.05. The van der Waals surface area contributed by atoms with Crippen molar-refractivity contribution in [2.24, 2.45) is 5.73 Å². The topological polar surface area (TPSA) is 89.1 Å². The van der Waals surface area contributed by atoms with Crippen molar-refractivity contribution in [1.29, 1.82) is 0 Å². The lowest BCUT2D eigenvalue weighted by atomic mass is 10.3. The van der Waals surface area contributed by atoms with E-state index >= 15 is 0 Å². The van der Waals surface area contributed by atoms with Crippen LogP contribution < -0.4 is 11.3 Å². The van der Waals surface area contributed by atoms with Gasteiger partial charge in [-0.3, -0.25) is 4.79 Å². The molecule has 0 amide bonds. The van der Waals surface area contributed by atoms with E-state index in [0.717, 1.165) is 18.7 Å². The molecule has 0 unspecified atom stereocenters. The molecule has 3 N–H and O–H groups in total. The van der Waals surface area contributed by atoms with Crippen molar-refractivity contribution in [3.8, 4) is 0 Å². The summed E-state index contributed by atoms with van der Waals surface area (Å²) in [7, 11) is 0. The Kier molecular flexibility index (Phi) is 2.28. The Hall–Kier alpha value is -1.69. The summed E-state index contributed by atoms with van der Waals surface area (Å²) in [6.07, 6.45) is 4.47. The number of rotatable bonds is 3. The molecule has 0 aromatic carbocycles. The van der Waals surface area contributed by atoms with E-state index < -0.39 is 0 Å². The van der Waals surface area contributed by atoms with E-state index in [0.29, 0.717) is 12.1 Å². The van der Waals surface area contributed by atoms with Gasteiger partial charge in [0, 0.05) is 6.42 Å². The number of aromatic amines is 1. The van der Waals surface area contributed by atoms with Crippen molar-refractivity contribution in [1.82, 2.24) is 19.6 Å². The first-order valence-electron chi connectivity index (χ1n) is 4.43. The van der Waals surface area contributed by atoms with Gasteiger partial charge in [-0.25, -0.2) is 9.50 Å². The Bertz CT molecular complexity index is 486. The van der Waals surface area contributed by atoms with E-state index in [1.54, 1.807) is 4.52 Å². The molecule has 74 valence electrons. The fourth-order valence-corrected chi connectivity index (χ4v) is 1.32. The summed E-state index contributed by atoms with van der Waals surface area (Å²) in [6.45, 7) is 0.609. The van der Waals surface area contributed by atoms with Crippen LogP contribution in [-0.4, -0.2) is 26.1 Å². The van der Waals surface area contributed by atoms with Crippen LogP contribution >= 0.6 is 0 Å². The highest BCUT2D eigenvalue weighted by molar-refractivity contribution is 5.41. The molecule has 0 saturated heterocycles. The average molecular weight is 193 g/mol. The average Bonchev–Trinajstić information content (AvgIpc) is 2.60. The summed E-state index contributed by atoms with van der Waals surface area (Å²) in [5.41, 5.74) is 5.69. The maximum atomic E-state index is 11.3. The second kappa shape index (κ2) is 3.59. The third kappa shape index (κ3) is 1.39. The molecule has 6 heteroatoms. The van der Waals surface area contributed by atoms with Crippen molar-refractivity contribution >= 4 is 5.52 Å². The number of hydrogen-bond acceptors (Lipinski definition) is 4. The number of nitrogens with two attached hydrogens (primary N) is 1. The number of H-pyrrole nitrogens is 1. The van der Waals surface area contributed by atoms with Gasteiger partial charge in [0.15, 0.2) is 5.52 Å². The lowest BCUT2D eigenvalue weighted by molar-refractivity contribution is 0.735. The molecular formula is C8H11N5O. The molecule has 2 aromatic rings. The Balaban J connectivity index is 2.47. The maximum absolute atomic E-state index is 11.3. The molecule has 2 rings (SSSR count). The van der Waals surface area contributed by atoms with Gasteiger partial charge in [0.05, 0.1) is 6.20 Å². The van der Waals surface area contributed by atoms with E-state index in [9.17, 15) is 4.79 Å². The zero-order valence-electron chi connectivity index (χ0n) is 7.60. The fourth-order valence-electron chi connectivity index (χ4n) is 1.32. The standard InChI is InChI=1S/C8H11N5O/c9-3-1-2-7-10-4-6-8(14)11-5-12-13(6)7/h4-5H,1-3,9H2,(H,11,12,14). The minimum absolute atomic E-state index is 0.175. The number of imidazole rings is 1. The summed E-state index contributed by atoms with van der Waals surface area (Å²) >= 11 is 0. The molecule has 0 radical (unpaired) electrons. The van der Waals surface area contributed by atoms with Crippen LogP contribution in [0.15, 0.2) is 17.3 Å². The number of fused-ring (bicyclic) bond motifs is 1. The lowest BCUT2D eigenvalue weighted by Gasteiger charge is -1.97. The zero-order chi connectivity index (χ0) is 9.97. The number of nitrogens with zero attached hydrogens (tertiary/aromatic N) is 3. The molecule has 0 atom stereocenters. The van der Waals surface area contributed by atoms with E-state index in [2.05, 4.69) is 15.1 Å². The van der Waals surface area contributed by atoms with Crippen LogP contribution in [0.4, 0.5) is 0 Å². The molecule has 0 aliphatic heterocycles. The summed E-state index contributed by atoms with van der Waals surface area (Å²) in [6, 6.07) is 0. The fraction of sp³-hybridized carbons (Fsp3) is 0.375. The molecule has 0 spiro atoms. The number of aryl methyl sites for hydroxylation is 1. The van der Waals surface area contributed by atoms with E-state index in [4.69, 9.17) is 5.73 Å². The second-order valence-corrected chi connectivity index (χ2v) is 2.98. The van der Waals surface area contributed by atoms with Crippen LogP contribution in [0.25, 0.3) is 5.52 Å². The molecular weight excluding hydrogens is 182 g/mol. The second-order valence-electron chi connectivity index (χ2n) is 2.98. The first-order chi connectivity index (χ1) is 6.83. The molecule has 0 saturated carbocycles. The van der Waals surface area contributed by atoms with Gasteiger partial charge in [0.1, 0.15) is 12.2 Å². The third-order valence-electron chi connectivity index (χ3n) is 2.01. The zero-order valence-corrected chi connectivity index (χ0v) is 7.60. The molecule has 2 heterocycles. The van der Waals surface area contributed by atoms with Gasteiger partial charge in [0.25, 0.3) is 5.56 Å². The molecule has 0 aliphatic rings. The van der Waals surface area contributed by atoms with Gasteiger partial charge in [-0.15, -0.1) is 0 Å². The highest BCUT2D eigenvalue weighted by Crippen LogP contribution is 2.01. The summed E-state index contributed by atoms with van der Waals surface area (Å²) < 4.78 is 1.55. The van der Waals surface area contributed by atoms with Gasteiger partial charge in [-0.2, -0.15) is 5.10 Å². The quantitative estimate of drug-likeness (QED) is 0.675. The van der Waals surface area contributed by atoms with Crippen LogP contribution in [0.3, 0.4) is 0 Å². The van der Waals surface area contributed by atoms with E-state index in [-0.39, 0.29) is 5.56 Å². The Morgan fingerprint density at radius 2 is 2.43 bits per heavy atom. The molecule has 0 aliphatic carbocycles. The van der Waals surface area contributed by atoms with Gasteiger partial charge in [-0.1, -0.05) is 0 Å². The number of aromatic nitrogens is 4. The van der Waals surface area contributed by atoms with Crippen LogP contribution in [0.1, 0.15) is 12.2 Å². The Morgan fingerprint density at radius 1 is 1.57 bits per heavy atom. The minimum atomic E-state index is -0.175. The SMILES string of the molecule is NCCCc1ncc2c(=O)[nH]cnn12. The monoisotopic (exact) mass is 193 g/mol. The Labute approximate surface area is 79.8 Å². The van der Waals surface area contributed by atoms with Crippen LogP contribution in [0, 0.1) is 0 Å². The molecule has 0 bridgehead atoms. The molecule has 14 heavy (non-hydrogen) atoms. The predicted octanol–water partition coefficient (Wildman–Crippen LogP) is -0.691. The first-order valence-corrected chi connectivity index (χ1v) is 4.43. The first kappa shape index (κ1) is 8.89. The third-order valence-corrected chi connectivity index (χ3v) is 2.01. The largest absolute Gasteiger partial charge is 0.330 e. The molecule has 0 fully saturated rings. The minimum Gasteiger partial charge on any atom is -0.330 e. The van der Waals surface area contributed by atoms with Gasteiger partial charge in [0.2, 0.25) is 0 Å². The summed E-state index contributed by atoms with van der Waals surface area (Å²) in [5.74, 6) is 0.775. The smallest absolute Gasteiger partial charge is 0.276 e. The predicted molar refractivity (Wildman–Crippen MR) is 51.0 cm³/mol. The van der Waals surface area contributed by atoms with Crippen molar-refractivity contribution in [3.05, 3.63) is 28.7 Å². The van der Waals surface area contributed by atoms with Gasteiger partial charge < -0.3 is 10.7 Å². The van der Waals surface area contributed by atoms with Crippen LogP contribution in [0.5, 0.6) is 0 Å². The van der Waals surface area contributed by atoms with E-state index in [1.807, 2.05) is 0 Å².